The molecule has 2 atom stereocenters. The summed E-state index contributed by atoms with van der Waals surface area (Å²) in [5.41, 5.74) is 0. The number of likely N-dealkylation sites (N-methyl/N-ethyl adjacent to an activating group) is 2. The van der Waals surface area contributed by atoms with E-state index in [1.165, 1.54) is 23.9 Å². The molecule has 0 unspecified atom stereocenters. The Morgan fingerprint density at radius 3 is 1.32 bits per heavy atom. The molecular formula is C18H30N2O8. The van der Waals surface area contributed by atoms with Crippen molar-refractivity contribution in [3.05, 3.63) is 12.2 Å². The molecule has 0 radical (unpaired) electrons. The molecule has 0 N–H and O–H groups in total. The van der Waals surface area contributed by atoms with E-state index in [0.29, 0.717) is 0 Å². The molecule has 2 amide bonds. The number of esters is 2. The Kier molecular flexibility index (Phi) is 12.1. The Morgan fingerprint density at radius 1 is 0.714 bits per heavy atom. The first-order valence-electron chi connectivity index (χ1n) is 8.94. The number of rotatable bonds is 10. The zero-order valence-electron chi connectivity index (χ0n) is 17.3. The molecule has 0 spiro atoms. The van der Waals surface area contributed by atoms with E-state index < -0.39 is 36.2 Å². The van der Waals surface area contributed by atoms with Crippen LogP contribution in [0.3, 0.4) is 0 Å². The van der Waals surface area contributed by atoms with Gasteiger partial charge < -0.3 is 28.7 Å². The fourth-order valence-corrected chi connectivity index (χ4v) is 1.67. The summed E-state index contributed by atoms with van der Waals surface area (Å²) in [5, 5.41) is 0. The summed E-state index contributed by atoms with van der Waals surface area (Å²) < 4.78 is 19.6. The molecular weight excluding hydrogens is 372 g/mol. The van der Waals surface area contributed by atoms with E-state index in [2.05, 4.69) is 0 Å². The van der Waals surface area contributed by atoms with E-state index in [-0.39, 0.29) is 26.4 Å². The van der Waals surface area contributed by atoms with Crippen molar-refractivity contribution in [3.8, 4) is 0 Å². The van der Waals surface area contributed by atoms with Gasteiger partial charge in [-0.2, -0.15) is 0 Å². The number of carbonyl (C=O) groups is 4. The van der Waals surface area contributed by atoms with Gasteiger partial charge in [0, 0.05) is 26.2 Å². The average Bonchev–Trinajstić information content (AvgIpc) is 2.67. The maximum absolute atomic E-state index is 11.7. The largest absolute Gasteiger partial charge is 0.460 e. The summed E-state index contributed by atoms with van der Waals surface area (Å²) in [6.07, 6.45) is 0.817. The van der Waals surface area contributed by atoms with Gasteiger partial charge in [0.15, 0.2) is 0 Å². The van der Waals surface area contributed by atoms with Crippen LogP contribution in [0.5, 0.6) is 0 Å². The van der Waals surface area contributed by atoms with Crippen LogP contribution in [0.4, 0.5) is 9.59 Å². The van der Waals surface area contributed by atoms with Crippen LogP contribution in [0.25, 0.3) is 0 Å². The molecule has 0 bridgehead atoms. The van der Waals surface area contributed by atoms with Gasteiger partial charge in [-0.1, -0.05) is 0 Å². The molecule has 0 aromatic rings. The van der Waals surface area contributed by atoms with Crippen molar-refractivity contribution in [2.24, 2.45) is 0 Å². The van der Waals surface area contributed by atoms with Gasteiger partial charge in [0.1, 0.15) is 13.2 Å². The van der Waals surface area contributed by atoms with Crippen molar-refractivity contribution in [2.75, 3.05) is 40.5 Å². The van der Waals surface area contributed by atoms with Gasteiger partial charge in [0.2, 0.25) is 0 Å². The Morgan fingerprint density at radius 2 is 1.04 bits per heavy atom. The van der Waals surface area contributed by atoms with E-state index in [1.54, 1.807) is 27.7 Å². The van der Waals surface area contributed by atoms with Crippen LogP contribution in [0.15, 0.2) is 12.2 Å². The van der Waals surface area contributed by atoms with Crippen molar-refractivity contribution >= 4 is 24.1 Å². The first kappa shape index (κ1) is 25.2. The standard InChI is InChI=1S/C18H30N2O8/c1-7-25-17(23)19(5)13(3)11-27-15(21)9-10-16(22)28-12-14(4)20(6)18(24)26-8-2/h9-10,13-14H,7-8,11-12H2,1-6H3/b10-9+/t13-,14-/m0/s1. The molecule has 10 heteroatoms. The number of amides is 2. The molecule has 0 fully saturated rings. The van der Waals surface area contributed by atoms with Crippen LogP contribution in [-0.4, -0.2) is 86.5 Å². The lowest BCUT2D eigenvalue weighted by atomic mass is 10.3. The molecule has 10 nitrogen and oxygen atoms in total. The maximum atomic E-state index is 11.7. The molecule has 0 aromatic carbocycles. The maximum Gasteiger partial charge on any atom is 0.409 e. The van der Waals surface area contributed by atoms with Crippen LogP contribution in [0.1, 0.15) is 27.7 Å². The van der Waals surface area contributed by atoms with E-state index in [4.69, 9.17) is 18.9 Å². The highest BCUT2D eigenvalue weighted by Gasteiger charge is 2.19. The molecule has 0 aliphatic carbocycles. The van der Waals surface area contributed by atoms with Crippen LogP contribution in [0.2, 0.25) is 0 Å². The molecule has 0 saturated carbocycles. The molecule has 0 rings (SSSR count). The van der Waals surface area contributed by atoms with Gasteiger partial charge >= 0.3 is 24.1 Å². The fourth-order valence-electron chi connectivity index (χ4n) is 1.67. The van der Waals surface area contributed by atoms with Gasteiger partial charge in [-0.15, -0.1) is 0 Å². The molecule has 28 heavy (non-hydrogen) atoms. The third-order valence-corrected chi connectivity index (χ3v) is 3.72. The van der Waals surface area contributed by atoms with E-state index >= 15 is 0 Å². The van der Waals surface area contributed by atoms with Gasteiger partial charge in [-0.25, -0.2) is 19.2 Å². The first-order valence-corrected chi connectivity index (χ1v) is 8.94. The van der Waals surface area contributed by atoms with Gasteiger partial charge in [-0.3, -0.25) is 0 Å². The molecule has 160 valence electrons. The fraction of sp³-hybridized carbons (Fsp3) is 0.667. The van der Waals surface area contributed by atoms with E-state index in [0.717, 1.165) is 12.2 Å². The third kappa shape index (κ3) is 9.79. The van der Waals surface area contributed by atoms with Crippen LogP contribution in [0, 0.1) is 0 Å². The first-order chi connectivity index (χ1) is 13.1. The van der Waals surface area contributed by atoms with Crippen molar-refractivity contribution in [1.29, 1.82) is 0 Å². The number of ether oxygens (including phenoxy) is 4. The second-order valence-corrected chi connectivity index (χ2v) is 5.91. The third-order valence-electron chi connectivity index (χ3n) is 3.72. The summed E-state index contributed by atoms with van der Waals surface area (Å²) >= 11 is 0. The lowest BCUT2D eigenvalue weighted by Gasteiger charge is -2.23. The van der Waals surface area contributed by atoms with E-state index in [9.17, 15) is 19.2 Å². The van der Waals surface area contributed by atoms with Crippen LogP contribution >= 0.6 is 0 Å². The Labute approximate surface area is 165 Å². The molecule has 0 saturated heterocycles. The quantitative estimate of drug-likeness (QED) is 0.308. The smallest absolute Gasteiger partial charge is 0.409 e. The highest BCUT2D eigenvalue weighted by atomic mass is 16.6. The summed E-state index contributed by atoms with van der Waals surface area (Å²) in [6, 6.07) is -0.801. The Balaban J connectivity index is 4.28. The lowest BCUT2D eigenvalue weighted by Crippen LogP contribution is -2.39. The zero-order chi connectivity index (χ0) is 21.7. The molecule has 0 aliphatic rings. The molecule has 0 aromatic heterocycles. The molecule has 0 heterocycles. The highest BCUT2D eigenvalue weighted by molar-refractivity contribution is 5.91. The van der Waals surface area contributed by atoms with Gasteiger partial charge in [0.05, 0.1) is 25.3 Å². The van der Waals surface area contributed by atoms with E-state index in [1.807, 2.05) is 0 Å². The predicted octanol–water partition coefficient (Wildman–Crippen LogP) is 1.58. The van der Waals surface area contributed by atoms with Gasteiger partial charge in [-0.05, 0) is 27.7 Å². The SMILES string of the molecule is CCOC(=O)N(C)[C@@H](C)COC(=O)/C=C/C(=O)OC[C@H](C)N(C)C(=O)OCC. The van der Waals surface area contributed by atoms with Crippen molar-refractivity contribution in [1.82, 2.24) is 9.80 Å². The Bertz CT molecular complexity index is 516. The number of hydrogen-bond donors (Lipinski definition) is 0. The minimum Gasteiger partial charge on any atom is -0.460 e. The second kappa shape index (κ2) is 13.4. The van der Waals surface area contributed by atoms with Crippen molar-refractivity contribution in [2.45, 2.75) is 39.8 Å². The number of nitrogens with zero attached hydrogens (tertiary/aromatic N) is 2. The minimum atomic E-state index is -0.752. The average molecular weight is 402 g/mol. The lowest BCUT2D eigenvalue weighted by molar-refractivity contribution is -0.141. The summed E-state index contributed by atoms with van der Waals surface area (Å²) in [7, 11) is 3.05. The van der Waals surface area contributed by atoms with Crippen molar-refractivity contribution in [3.63, 3.8) is 0 Å². The second-order valence-electron chi connectivity index (χ2n) is 5.91. The monoisotopic (exact) mass is 402 g/mol. The summed E-state index contributed by atoms with van der Waals surface area (Å²) in [5.74, 6) is -1.50. The summed E-state index contributed by atoms with van der Waals surface area (Å²) in [6.45, 7) is 7.12. The van der Waals surface area contributed by atoms with Crippen LogP contribution in [-0.2, 0) is 28.5 Å². The van der Waals surface area contributed by atoms with Crippen molar-refractivity contribution < 1.29 is 38.1 Å². The number of hydrogen-bond acceptors (Lipinski definition) is 8. The number of carbonyl (C=O) groups excluding carboxylic acids is 4. The Hall–Kier alpha value is -2.78. The topological polar surface area (TPSA) is 112 Å². The summed E-state index contributed by atoms with van der Waals surface area (Å²) in [4.78, 5) is 49.0. The van der Waals surface area contributed by atoms with Crippen LogP contribution < -0.4 is 0 Å². The van der Waals surface area contributed by atoms with Gasteiger partial charge in [0.25, 0.3) is 0 Å². The zero-order valence-corrected chi connectivity index (χ0v) is 17.3. The highest BCUT2D eigenvalue weighted by Crippen LogP contribution is 2.02. The molecule has 0 aliphatic heterocycles. The minimum absolute atomic E-state index is 0.0606. The predicted molar refractivity (Wildman–Crippen MR) is 99.6 cm³/mol. The normalized spacial score (nSPS) is 12.6.